The molecule has 0 radical (unpaired) electrons. The van der Waals surface area contributed by atoms with Crippen LogP contribution < -0.4 is 11.1 Å². The highest BCUT2D eigenvalue weighted by molar-refractivity contribution is 6.02. The third-order valence-corrected chi connectivity index (χ3v) is 2.68. The maximum Gasteiger partial charge on any atom is 0.277 e. The zero-order valence-corrected chi connectivity index (χ0v) is 11.4. The van der Waals surface area contributed by atoms with Gasteiger partial charge >= 0.3 is 0 Å². The number of carbonyl (C=O) groups is 1. The summed E-state index contributed by atoms with van der Waals surface area (Å²) in [5.41, 5.74) is 8.13. The van der Waals surface area contributed by atoms with E-state index in [0.717, 1.165) is 11.1 Å². The molecule has 0 aliphatic carbocycles. The fourth-order valence-corrected chi connectivity index (χ4v) is 1.65. The molecule has 5 heteroatoms. The Kier molecular flexibility index (Phi) is 4.18. The van der Waals surface area contributed by atoms with Gasteiger partial charge in [-0.05, 0) is 31.5 Å². The molecule has 102 valence electrons. The summed E-state index contributed by atoms with van der Waals surface area (Å²) < 4.78 is 4.87. The van der Waals surface area contributed by atoms with Gasteiger partial charge in [0.05, 0.1) is 6.54 Å². The third-order valence-electron chi connectivity index (χ3n) is 2.68. The molecule has 0 aliphatic rings. The van der Waals surface area contributed by atoms with Gasteiger partial charge in [0, 0.05) is 17.3 Å². The molecule has 5 nitrogen and oxygen atoms in total. The Morgan fingerprint density at radius 3 is 2.85 bits per heavy atom. The number of benzene rings is 1. The first-order valence-electron chi connectivity index (χ1n) is 6.14. The topological polar surface area (TPSA) is 81.2 Å². The molecule has 3 N–H and O–H groups in total. The second kappa shape index (κ2) is 6.04. The van der Waals surface area contributed by atoms with Gasteiger partial charge in [0.25, 0.3) is 5.91 Å². The molecule has 20 heavy (non-hydrogen) atoms. The number of aryl methyl sites for hydroxylation is 2. The predicted octanol–water partition coefficient (Wildman–Crippen LogP) is 1.85. The fourth-order valence-electron chi connectivity index (χ4n) is 1.65. The molecule has 1 heterocycles. The lowest BCUT2D eigenvalue weighted by Gasteiger charge is -2.05. The Labute approximate surface area is 117 Å². The SMILES string of the molecule is Cc1cc(C(=O)Nc2ccc(C)c(C#CCN)c2)no1. The summed E-state index contributed by atoms with van der Waals surface area (Å²) >= 11 is 0. The molecule has 0 spiro atoms. The summed E-state index contributed by atoms with van der Waals surface area (Å²) in [6, 6.07) is 7.10. The number of hydrogen-bond acceptors (Lipinski definition) is 4. The van der Waals surface area contributed by atoms with E-state index in [2.05, 4.69) is 22.3 Å². The first kappa shape index (κ1) is 13.8. The second-order valence-corrected chi connectivity index (χ2v) is 4.31. The Morgan fingerprint density at radius 1 is 1.40 bits per heavy atom. The van der Waals surface area contributed by atoms with Crippen molar-refractivity contribution >= 4 is 11.6 Å². The minimum absolute atomic E-state index is 0.248. The largest absolute Gasteiger partial charge is 0.361 e. The summed E-state index contributed by atoms with van der Waals surface area (Å²) in [5, 5.41) is 6.43. The minimum atomic E-state index is -0.316. The second-order valence-electron chi connectivity index (χ2n) is 4.31. The monoisotopic (exact) mass is 269 g/mol. The highest BCUT2D eigenvalue weighted by Gasteiger charge is 2.11. The molecule has 0 fully saturated rings. The van der Waals surface area contributed by atoms with Crippen LogP contribution in [-0.4, -0.2) is 17.6 Å². The number of hydrogen-bond donors (Lipinski definition) is 2. The van der Waals surface area contributed by atoms with Crippen molar-refractivity contribution in [3.63, 3.8) is 0 Å². The summed E-state index contributed by atoms with van der Waals surface area (Å²) in [7, 11) is 0. The van der Waals surface area contributed by atoms with E-state index in [1.165, 1.54) is 0 Å². The van der Waals surface area contributed by atoms with E-state index in [4.69, 9.17) is 10.3 Å². The van der Waals surface area contributed by atoms with Crippen molar-refractivity contribution < 1.29 is 9.32 Å². The zero-order valence-electron chi connectivity index (χ0n) is 11.4. The molecule has 1 aromatic carbocycles. The molecule has 2 rings (SSSR count). The van der Waals surface area contributed by atoms with Gasteiger partial charge < -0.3 is 15.6 Å². The van der Waals surface area contributed by atoms with E-state index in [0.29, 0.717) is 18.0 Å². The maximum atomic E-state index is 11.9. The highest BCUT2D eigenvalue weighted by Crippen LogP contribution is 2.15. The molecule has 0 saturated carbocycles. The van der Waals surface area contributed by atoms with E-state index < -0.39 is 0 Å². The van der Waals surface area contributed by atoms with Crippen molar-refractivity contribution in [3.05, 3.63) is 46.8 Å². The molecular formula is C15H15N3O2. The van der Waals surface area contributed by atoms with Gasteiger partial charge in [0.15, 0.2) is 5.69 Å². The number of nitrogens with zero attached hydrogens (tertiary/aromatic N) is 1. The lowest BCUT2D eigenvalue weighted by Crippen LogP contribution is -2.12. The Balaban J connectivity index is 2.19. The standard InChI is InChI=1S/C15H15N3O2/c1-10-5-6-13(9-12(10)4-3-7-16)17-15(19)14-8-11(2)20-18-14/h5-6,8-9H,7,16H2,1-2H3,(H,17,19). The van der Waals surface area contributed by atoms with Gasteiger partial charge in [0.1, 0.15) is 5.76 Å². The van der Waals surface area contributed by atoms with Crippen molar-refractivity contribution in [2.45, 2.75) is 13.8 Å². The van der Waals surface area contributed by atoms with Gasteiger partial charge in [-0.3, -0.25) is 4.79 Å². The molecule has 0 saturated heterocycles. The third kappa shape index (κ3) is 3.25. The minimum Gasteiger partial charge on any atom is -0.361 e. The summed E-state index contributed by atoms with van der Waals surface area (Å²) in [6.45, 7) is 3.98. The van der Waals surface area contributed by atoms with Gasteiger partial charge in [-0.1, -0.05) is 23.1 Å². The molecule has 1 aromatic heterocycles. The molecule has 0 unspecified atom stereocenters. The van der Waals surface area contributed by atoms with Crippen LogP contribution in [0.3, 0.4) is 0 Å². The van der Waals surface area contributed by atoms with Gasteiger partial charge in [-0.15, -0.1) is 0 Å². The lowest BCUT2D eigenvalue weighted by atomic mass is 10.1. The van der Waals surface area contributed by atoms with Crippen LogP contribution in [0.2, 0.25) is 0 Å². The molecule has 0 atom stereocenters. The van der Waals surface area contributed by atoms with E-state index in [9.17, 15) is 4.79 Å². The van der Waals surface area contributed by atoms with Crippen molar-refractivity contribution in [1.82, 2.24) is 5.16 Å². The number of anilines is 1. The van der Waals surface area contributed by atoms with Crippen LogP contribution in [0.4, 0.5) is 5.69 Å². The van der Waals surface area contributed by atoms with Crippen LogP contribution in [0, 0.1) is 25.7 Å². The van der Waals surface area contributed by atoms with E-state index in [1.807, 2.05) is 25.1 Å². The first-order valence-corrected chi connectivity index (χ1v) is 6.14. The zero-order chi connectivity index (χ0) is 14.5. The van der Waals surface area contributed by atoms with Crippen molar-refractivity contribution in [1.29, 1.82) is 0 Å². The van der Waals surface area contributed by atoms with Crippen molar-refractivity contribution in [2.75, 3.05) is 11.9 Å². The number of nitrogens with one attached hydrogen (secondary N) is 1. The smallest absolute Gasteiger partial charge is 0.277 e. The average molecular weight is 269 g/mol. The van der Waals surface area contributed by atoms with Crippen molar-refractivity contribution in [3.8, 4) is 11.8 Å². The summed E-state index contributed by atoms with van der Waals surface area (Å²) in [4.78, 5) is 11.9. The van der Waals surface area contributed by atoms with Crippen LogP contribution in [0.5, 0.6) is 0 Å². The van der Waals surface area contributed by atoms with E-state index in [1.54, 1.807) is 13.0 Å². The van der Waals surface area contributed by atoms with Crippen LogP contribution in [0.25, 0.3) is 0 Å². The van der Waals surface area contributed by atoms with Crippen LogP contribution >= 0.6 is 0 Å². The lowest BCUT2D eigenvalue weighted by molar-refractivity contribution is 0.101. The molecule has 2 aromatic rings. The molecule has 0 aliphatic heterocycles. The van der Waals surface area contributed by atoms with Gasteiger partial charge in [-0.2, -0.15) is 0 Å². The number of nitrogens with two attached hydrogens (primary N) is 1. The molecule has 1 amide bonds. The van der Waals surface area contributed by atoms with Crippen LogP contribution in [0.15, 0.2) is 28.8 Å². The molecular weight excluding hydrogens is 254 g/mol. The van der Waals surface area contributed by atoms with Crippen LogP contribution in [-0.2, 0) is 0 Å². The maximum absolute atomic E-state index is 11.9. The average Bonchev–Trinajstić information content (AvgIpc) is 2.86. The predicted molar refractivity (Wildman–Crippen MR) is 76.3 cm³/mol. The number of carbonyl (C=O) groups excluding carboxylic acids is 1. The number of amides is 1. The normalized spacial score (nSPS) is 9.75. The fraction of sp³-hybridized carbons (Fsp3) is 0.200. The number of aromatic nitrogens is 1. The summed E-state index contributed by atoms with van der Waals surface area (Å²) in [5.74, 6) is 6.04. The Morgan fingerprint density at radius 2 is 2.20 bits per heavy atom. The van der Waals surface area contributed by atoms with E-state index >= 15 is 0 Å². The number of rotatable bonds is 2. The van der Waals surface area contributed by atoms with Crippen LogP contribution in [0.1, 0.15) is 27.4 Å². The summed E-state index contributed by atoms with van der Waals surface area (Å²) in [6.07, 6.45) is 0. The first-order chi connectivity index (χ1) is 9.60. The van der Waals surface area contributed by atoms with Gasteiger partial charge in [-0.25, -0.2) is 0 Å². The quantitative estimate of drug-likeness (QED) is 0.815. The Bertz CT molecular complexity index is 693. The van der Waals surface area contributed by atoms with Crippen molar-refractivity contribution in [2.24, 2.45) is 5.73 Å². The highest BCUT2D eigenvalue weighted by atomic mass is 16.5. The Hall–Kier alpha value is -2.58. The molecule has 0 bridgehead atoms. The van der Waals surface area contributed by atoms with E-state index in [-0.39, 0.29) is 11.6 Å². The van der Waals surface area contributed by atoms with Gasteiger partial charge in [0.2, 0.25) is 0 Å².